The van der Waals surface area contributed by atoms with Gasteiger partial charge in [-0.05, 0) is 29.0 Å². The minimum atomic E-state index is -0.309. The molecule has 0 bridgehead atoms. The van der Waals surface area contributed by atoms with Crippen molar-refractivity contribution in [2.75, 3.05) is 23.8 Å². The fourth-order valence-corrected chi connectivity index (χ4v) is 3.84. The van der Waals surface area contributed by atoms with Crippen LogP contribution in [0.4, 0.5) is 11.4 Å². The predicted molar refractivity (Wildman–Crippen MR) is 112 cm³/mol. The molecule has 0 saturated carbocycles. The van der Waals surface area contributed by atoms with E-state index in [0.29, 0.717) is 41.0 Å². The largest absolute Gasteiger partial charge is 0.486 e. The number of rotatable bonds is 5. The number of hydrogen-bond donors (Lipinski definition) is 2. The van der Waals surface area contributed by atoms with E-state index in [2.05, 4.69) is 10.6 Å². The molecular formula is C20H16N2O4S2. The normalized spacial score (nSPS) is 12.7. The van der Waals surface area contributed by atoms with Crippen LogP contribution in [-0.4, -0.2) is 25.0 Å². The third-order valence-corrected chi connectivity index (χ3v) is 5.58. The molecule has 28 heavy (non-hydrogen) atoms. The molecule has 1 aromatic carbocycles. The molecule has 2 N–H and O–H groups in total. The zero-order valence-corrected chi connectivity index (χ0v) is 16.3. The number of fused-ring (bicyclic) bond motifs is 1. The lowest BCUT2D eigenvalue weighted by Gasteiger charge is -2.21. The second-order valence-corrected chi connectivity index (χ2v) is 7.74. The number of anilines is 2. The summed E-state index contributed by atoms with van der Waals surface area (Å²) in [5.74, 6) is 0.491. The Morgan fingerprint density at radius 1 is 0.929 bits per heavy atom. The highest BCUT2D eigenvalue weighted by molar-refractivity contribution is 7.12. The van der Waals surface area contributed by atoms with E-state index in [9.17, 15) is 9.59 Å². The van der Waals surface area contributed by atoms with E-state index in [4.69, 9.17) is 9.47 Å². The minimum absolute atomic E-state index is 0.253. The number of nitrogens with one attached hydrogen (secondary N) is 2. The number of amides is 2. The maximum absolute atomic E-state index is 12.5. The fourth-order valence-electron chi connectivity index (χ4n) is 2.61. The third-order valence-electron chi connectivity index (χ3n) is 3.88. The Balaban J connectivity index is 1.58. The Morgan fingerprint density at radius 2 is 1.61 bits per heavy atom. The smallest absolute Gasteiger partial charge is 0.265 e. The molecule has 142 valence electrons. The molecule has 0 atom stereocenters. The first-order valence-electron chi connectivity index (χ1n) is 8.50. The summed E-state index contributed by atoms with van der Waals surface area (Å²) in [5, 5.41) is 9.41. The molecule has 4 rings (SSSR count). The summed E-state index contributed by atoms with van der Waals surface area (Å²) in [5.41, 5.74) is 0.885. The van der Waals surface area contributed by atoms with E-state index < -0.39 is 0 Å². The molecule has 3 aromatic rings. The van der Waals surface area contributed by atoms with E-state index in [1.807, 2.05) is 22.9 Å². The number of carbonyl (C=O) groups is 2. The first-order chi connectivity index (χ1) is 13.7. The van der Waals surface area contributed by atoms with Crippen molar-refractivity contribution in [3.8, 4) is 11.5 Å². The van der Waals surface area contributed by atoms with Crippen molar-refractivity contribution >= 4 is 51.9 Å². The Labute approximate surface area is 169 Å². The fraction of sp³-hybridized carbons (Fsp3) is 0.100. The maximum Gasteiger partial charge on any atom is 0.265 e. The van der Waals surface area contributed by atoms with Gasteiger partial charge in [0.25, 0.3) is 5.91 Å². The van der Waals surface area contributed by atoms with E-state index in [1.165, 1.54) is 17.4 Å². The van der Waals surface area contributed by atoms with Crippen LogP contribution in [0, 0.1) is 0 Å². The molecule has 2 aromatic heterocycles. The molecule has 0 unspecified atom stereocenters. The number of hydrogen-bond acceptors (Lipinski definition) is 6. The molecule has 0 radical (unpaired) electrons. The summed E-state index contributed by atoms with van der Waals surface area (Å²) in [4.78, 5) is 26.4. The number of carbonyl (C=O) groups excluding carboxylic acids is 2. The molecule has 1 aliphatic heterocycles. The van der Waals surface area contributed by atoms with Gasteiger partial charge in [-0.2, -0.15) is 0 Å². The van der Waals surface area contributed by atoms with Crippen LogP contribution in [-0.2, 0) is 4.79 Å². The van der Waals surface area contributed by atoms with Gasteiger partial charge in [-0.1, -0.05) is 12.1 Å². The molecule has 0 fully saturated rings. The molecule has 0 aliphatic carbocycles. The molecule has 8 heteroatoms. The van der Waals surface area contributed by atoms with Gasteiger partial charge in [-0.3, -0.25) is 9.59 Å². The average molecular weight is 412 g/mol. The first-order valence-corrected chi connectivity index (χ1v) is 10.3. The van der Waals surface area contributed by atoms with Gasteiger partial charge in [-0.15, -0.1) is 22.7 Å². The van der Waals surface area contributed by atoms with Crippen molar-refractivity contribution in [3.63, 3.8) is 0 Å². The second-order valence-electron chi connectivity index (χ2n) is 5.81. The van der Waals surface area contributed by atoms with Gasteiger partial charge < -0.3 is 20.1 Å². The minimum Gasteiger partial charge on any atom is -0.486 e. The van der Waals surface area contributed by atoms with Crippen molar-refractivity contribution in [3.05, 3.63) is 63.0 Å². The van der Waals surface area contributed by atoms with Crippen LogP contribution in [0.15, 0.2) is 53.2 Å². The van der Waals surface area contributed by atoms with E-state index in [1.54, 1.807) is 41.7 Å². The van der Waals surface area contributed by atoms with Crippen LogP contribution in [0.3, 0.4) is 0 Å². The van der Waals surface area contributed by atoms with Crippen molar-refractivity contribution < 1.29 is 19.1 Å². The summed E-state index contributed by atoms with van der Waals surface area (Å²) in [6.45, 7) is 0.861. The Bertz CT molecular complexity index is 1010. The van der Waals surface area contributed by atoms with Gasteiger partial charge in [0, 0.05) is 23.1 Å². The molecule has 6 nitrogen and oxygen atoms in total. The van der Waals surface area contributed by atoms with Crippen LogP contribution in [0.5, 0.6) is 11.5 Å². The lowest BCUT2D eigenvalue weighted by Crippen LogP contribution is -2.18. The molecule has 1 aliphatic rings. The molecule has 0 saturated heterocycles. The Hall–Kier alpha value is -3.10. The molecular weight excluding hydrogens is 396 g/mol. The maximum atomic E-state index is 12.5. The summed E-state index contributed by atoms with van der Waals surface area (Å²) in [6.07, 6.45) is 3.19. The first kappa shape index (κ1) is 18.3. The summed E-state index contributed by atoms with van der Waals surface area (Å²) in [6, 6.07) is 10.7. The van der Waals surface area contributed by atoms with Crippen molar-refractivity contribution in [2.24, 2.45) is 0 Å². The SMILES string of the molecule is O=C(/C=C/c1cccs1)Nc1cc2c(cc1NC(=O)c1cccs1)OCCO2. The Morgan fingerprint density at radius 3 is 2.25 bits per heavy atom. The molecule has 3 heterocycles. The van der Waals surface area contributed by atoms with Crippen molar-refractivity contribution in [1.82, 2.24) is 0 Å². The molecule has 2 amide bonds. The van der Waals surface area contributed by atoms with Crippen LogP contribution in [0.1, 0.15) is 14.5 Å². The number of benzene rings is 1. The van der Waals surface area contributed by atoms with Gasteiger partial charge in [-0.25, -0.2) is 0 Å². The third kappa shape index (κ3) is 4.24. The lowest BCUT2D eigenvalue weighted by molar-refractivity contribution is -0.111. The standard InChI is InChI=1S/C20H16N2O4S2/c23-19(6-5-13-3-1-9-27-13)21-14-11-16-17(26-8-7-25-16)12-15(14)22-20(24)18-4-2-10-28-18/h1-6,9-12H,7-8H2,(H,21,23)(H,22,24)/b6-5+. The average Bonchev–Trinajstić information content (AvgIpc) is 3.41. The van der Waals surface area contributed by atoms with Crippen LogP contribution in [0.25, 0.3) is 6.08 Å². The van der Waals surface area contributed by atoms with Crippen LogP contribution in [0.2, 0.25) is 0 Å². The topological polar surface area (TPSA) is 76.7 Å². The van der Waals surface area contributed by atoms with Gasteiger partial charge in [0.05, 0.1) is 16.3 Å². The van der Waals surface area contributed by atoms with Crippen molar-refractivity contribution in [2.45, 2.75) is 0 Å². The second kappa shape index (κ2) is 8.28. The van der Waals surface area contributed by atoms with Gasteiger partial charge in [0.2, 0.25) is 5.91 Å². The number of ether oxygens (including phenoxy) is 2. The van der Waals surface area contributed by atoms with Gasteiger partial charge in [0.15, 0.2) is 11.5 Å². The Kier molecular flexibility index (Phi) is 5.41. The van der Waals surface area contributed by atoms with Gasteiger partial charge >= 0.3 is 0 Å². The monoisotopic (exact) mass is 412 g/mol. The highest BCUT2D eigenvalue weighted by atomic mass is 32.1. The zero-order valence-electron chi connectivity index (χ0n) is 14.6. The van der Waals surface area contributed by atoms with Crippen LogP contribution >= 0.6 is 22.7 Å². The van der Waals surface area contributed by atoms with Crippen molar-refractivity contribution in [1.29, 1.82) is 0 Å². The van der Waals surface area contributed by atoms with E-state index >= 15 is 0 Å². The predicted octanol–water partition coefficient (Wildman–Crippen LogP) is 4.49. The number of thiophene rings is 2. The summed E-state index contributed by atoms with van der Waals surface area (Å²) in [7, 11) is 0. The summed E-state index contributed by atoms with van der Waals surface area (Å²) < 4.78 is 11.2. The zero-order chi connectivity index (χ0) is 19.3. The van der Waals surface area contributed by atoms with E-state index in [0.717, 1.165) is 4.88 Å². The highest BCUT2D eigenvalue weighted by Gasteiger charge is 2.19. The summed E-state index contributed by atoms with van der Waals surface area (Å²) >= 11 is 2.88. The van der Waals surface area contributed by atoms with E-state index in [-0.39, 0.29) is 11.8 Å². The van der Waals surface area contributed by atoms with Crippen LogP contribution < -0.4 is 20.1 Å². The molecule has 0 spiro atoms. The lowest BCUT2D eigenvalue weighted by atomic mass is 10.2. The quantitative estimate of drug-likeness (QED) is 0.606. The highest BCUT2D eigenvalue weighted by Crippen LogP contribution is 2.38. The van der Waals surface area contributed by atoms with Gasteiger partial charge in [0.1, 0.15) is 13.2 Å².